The van der Waals surface area contributed by atoms with Gasteiger partial charge in [0.05, 0.1) is 11.3 Å². The van der Waals surface area contributed by atoms with E-state index in [1.807, 2.05) is 6.92 Å². The first kappa shape index (κ1) is 18.3. The molecule has 0 N–H and O–H groups in total. The summed E-state index contributed by atoms with van der Waals surface area (Å²) in [5.41, 5.74) is 1.47. The van der Waals surface area contributed by atoms with Crippen LogP contribution in [0.2, 0.25) is 0 Å². The first-order valence-corrected chi connectivity index (χ1v) is 10.8. The second kappa shape index (κ2) is 6.69. The molecule has 0 aromatic carbocycles. The Bertz CT molecular complexity index is 816. The average molecular weight is 386 g/mol. The molecule has 0 radical (unpaired) electrons. The van der Waals surface area contributed by atoms with Gasteiger partial charge in [-0.2, -0.15) is 4.31 Å². The van der Waals surface area contributed by atoms with Gasteiger partial charge >= 0.3 is 0 Å². The minimum Gasteiger partial charge on any atom is -0.332 e. The molecule has 0 saturated heterocycles. The smallest absolute Gasteiger partial charge is 0.257 e. The Hall–Kier alpha value is -1.45. The van der Waals surface area contributed by atoms with Crippen LogP contribution in [-0.4, -0.2) is 62.4 Å². The van der Waals surface area contributed by atoms with Crippen LogP contribution in [0, 0.1) is 0 Å². The lowest BCUT2D eigenvalue weighted by Crippen LogP contribution is -2.38. The van der Waals surface area contributed by atoms with Crippen LogP contribution < -0.4 is 4.90 Å². The third-order valence-corrected chi connectivity index (χ3v) is 7.96. The molecule has 2 aliphatic heterocycles. The first-order chi connectivity index (χ1) is 11.8. The van der Waals surface area contributed by atoms with E-state index in [-0.39, 0.29) is 30.7 Å². The summed E-state index contributed by atoms with van der Waals surface area (Å²) in [4.78, 5) is 28.8. The number of carbonyl (C=O) groups is 2. The highest BCUT2D eigenvalue weighted by Crippen LogP contribution is 2.41. The summed E-state index contributed by atoms with van der Waals surface area (Å²) in [6.07, 6.45) is 1.99. The number of hydrogen-bond donors (Lipinski definition) is 0. The first-order valence-electron chi connectivity index (χ1n) is 8.40. The molecule has 0 atom stereocenters. The molecule has 3 heterocycles. The van der Waals surface area contributed by atoms with E-state index in [1.54, 1.807) is 14.1 Å². The summed E-state index contributed by atoms with van der Waals surface area (Å²) in [6, 6.07) is 0. The summed E-state index contributed by atoms with van der Waals surface area (Å²) in [5, 5.41) is 0.636. The van der Waals surface area contributed by atoms with Gasteiger partial charge in [0.25, 0.3) is 5.91 Å². The number of hydrogen-bond acceptors (Lipinski definition) is 5. The Morgan fingerprint density at radius 1 is 1.16 bits per heavy atom. The lowest BCUT2D eigenvalue weighted by atomic mass is 10.0. The van der Waals surface area contributed by atoms with Crippen LogP contribution >= 0.6 is 11.3 Å². The number of fused-ring (bicyclic) bond motifs is 3. The van der Waals surface area contributed by atoms with Crippen molar-refractivity contribution >= 4 is 38.2 Å². The third-order valence-electron chi connectivity index (χ3n) is 4.76. The minimum atomic E-state index is -3.28. The van der Waals surface area contributed by atoms with Crippen molar-refractivity contribution in [3.63, 3.8) is 0 Å². The molecule has 138 valence electrons. The quantitative estimate of drug-likeness (QED) is 0.782. The molecule has 0 aliphatic carbocycles. The number of nitrogens with zero attached hydrogens (tertiary/aromatic N) is 3. The van der Waals surface area contributed by atoms with Gasteiger partial charge in [0.1, 0.15) is 11.5 Å². The number of sulfonamides is 1. The van der Waals surface area contributed by atoms with Crippen LogP contribution in [-0.2, 0) is 27.8 Å². The Morgan fingerprint density at radius 2 is 1.88 bits per heavy atom. The normalized spacial score (nSPS) is 19.0. The summed E-state index contributed by atoms with van der Waals surface area (Å²) in [5.74, 6) is -0.141. The highest BCUT2D eigenvalue weighted by atomic mass is 32.2. The molecule has 3 rings (SSSR count). The second-order valence-corrected chi connectivity index (χ2v) is 9.72. The molecule has 9 heteroatoms. The van der Waals surface area contributed by atoms with Gasteiger partial charge in [0, 0.05) is 32.1 Å². The van der Waals surface area contributed by atoms with Crippen LogP contribution in [0.25, 0.3) is 0 Å². The molecule has 2 aliphatic rings. The molecule has 0 saturated carbocycles. The standard InChI is InChI=1S/C16H23N3O4S2/c1-4-5-8-25(22,23)19-7-6-11-12(9-19)24-16-14(11)15(21)17(2)10-13(20)18(16)3/h4-10H2,1-3H3. The fourth-order valence-corrected chi connectivity index (χ4v) is 6.22. The zero-order valence-corrected chi connectivity index (χ0v) is 16.4. The van der Waals surface area contributed by atoms with E-state index < -0.39 is 10.0 Å². The van der Waals surface area contributed by atoms with E-state index in [1.165, 1.54) is 25.4 Å². The van der Waals surface area contributed by atoms with Crippen molar-refractivity contribution in [3.05, 3.63) is 16.0 Å². The third kappa shape index (κ3) is 3.20. The van der Waals surface area contributed by atoms with Crippen LogP contribution in [0.3, 0.4) is 0 Å². The molecule has 1 aromatic heterocycles. The second-order valence-electron chi connectivity index (χ2n) is 6.55. The van der Waals surface area contributed by atoms with Crippen molar-refractivity contribution in [2.45, 2.75) is 32.7 Å². The van der Waals surface area contributed by atoms with Gasteiger partial charge in [-0.1, -0.05) is 13.3 Å². The van der Waals surface area contributed by atoms with Gasteiger partial charge in [-0.15, -0.1) is 11.3 Å². The maximum atomic E-state index is 12.7. The van der Waals surface area contributed by atoms with Crippen LogP contribution in [0.4, 0.5) is 5.00 Å². The molecule has 0 spiro atoms. The van der Waals surface area contributed by atoms with Gasteiger partial charge < -0.3 is 9.80 Å². The van der Waals surface area contributed by atoms with Crippen LogP contribution in [0.15, 0.2) is 0 Å². The van der Waals surface area contributed by atoms with Crippen LogP contribution in [0.5, 0.6) is 0 Å². The molecule has 0 unspecified atom stereocenters. The van der Waals surface area contributed by atoms with E-state index in [9.17, 15) is 18.0 Å². The molecular weight excluding hydrogens is 362 g/mol. The predicted molar refractivity (Wildman–Crippen MR) is 97.5 cm³/mol. The molecule has 25 heavy (non-hydrogen) atoms. The van der Waals surface area contributed by atoms with Crippen molar-refractivity contribution in [3.8, 4) is 0 Å². The van der Waals surface area contributed by atoms with Gasteiger partial charge in [-0.05, 0) is 18.4 Å². The van der Waals surface area contributed by atoms with Gasteiger partial charge in [0.15, 0.2) is 0 Å². The molecule has 0 bridgehead atoms. The van der Waals surface area contributed by atoms with E-state index in [4.69, 9.17) is 0 Å². The van der Waals surface area contributed by atoms with E-state index >= 15 is 0 Å². The Labute approximate surface area is 152 Å². The summed E-state index contributed by atoms with van der Waals surface area (Å²) >= 11 is 1.36. The Morgan fingerprint density at radius 3 is 2.56 bits per heavy atom. The summed E-state index contributed by atoms with van der Waals surface area (Å²) in [6.45, 7) is 2.70. The molecular formula is C16H23N3O4S2. The number of anilines is 1. The number of unbranched alkanes of at least 4 members (excludes halogenated alkanes) is 1. The molecule has 0 fully saturated rings. The number of likely N-dealkylation sites (N-methyl/N-ethyl adjacent to an activating group) is 2. The maximum Gasteiger partial charge on any atom is 0.257 e. The van der Waals surface area contributed by atoms with Crippen molar-refractivity contribution in [1.82, 2.24) is 9.21 Å². The van der Waals surface area contributed by atoms with Crippen LogP contribution in [0.1, 0.15) is 40.6 Å². The highest BCUT2D eigenvalue weighted by molar-refractivity contribution is 7.89. The van der Waals surface area contributed by atoms with Crippen molar-refractivity contribution in [2.24, 2.45) is 0 Å². The van der Waals surface area contributed by atoms with Gasteiger partial charge in [0.2, 0.25) is 15.9 Å². The van der Waals surface area contributed by atoms with E-state index in [2.05, 4.69) is 0 Å². The lowest BCUT2D eigenvalue weighted by Gasteiger charge is -2.26. The van der Waals surface area contributed by atoms with Crippen molar-refractivity contribution < 1.29 is 18.0 Å². The number of thiophene rings is 1. The SMILES string of the molecule is CCCCS(=O)(=O)N1CCc2c(sc3c2C(=O)N(C)CC(=O)N3C)C1. The topological polar surface area (TPSA) is 78.0 Å². The van der Waals surface area contributed by atoms with Crippen molar-refractivity contribution in [2.75, 3.05) is 37.8 Å². The predicted octanol–water partition coefficient (Wildman–Crippen LogP) is 1.28. The van der Waals surface area contributed by atoms with E-state index in [0.29, 0.717) is 30.0 Å². The zero-order valence-electron chi connectivity index (χ0n) is 14.7. The monoisotopic (exact) mass is 385 g/mol. The summed E-state index contributed by atoms with van der Waals surface area (Å²) < 4.78 is 26.5. The van der Waals surface area contributed by atoms with E-state index in [0.717, 1.165) is 16.9 Å². The molecule has 7 nitrogen and oxygen atoms in total. The summed E-state index contributed by atoms with van der Waals surface area (Å²) in [7, 11) is 0.0132. The zero-order chi connectivity index (χ0) is 18.4. The highest BCUT2D eigenvalue weighted by Gasteiger charge is 2.37. The average Bonchev–Trinajstić information content (AvgIpc) is 2.93. The fraction of sp³-hybridized carbons (Fsp3) is 0.625. The Kier molecular flexibility index (Phi) is 4.91. The lowest BCUT2D eigenvalue weighted by molar-refractivity contribution is -0.118. The number of amides is 2. The fourth-order valence-electron chi connectivity index (χ4n) is 3.20. The molecule has 1 aromatic rings. The minimum absolute atomic E-state index is 0.0586. The van der Waals surface area contributed by atoms with Gasteiger partial charge in [-0.3, -0.25) is 9.59 Å². The molecule has 2 amide bonds. The number of carbonyl (C=O) groups excluding carboxylic acids is 2. The Balaban J connectivity index is 1.96. The van der Waals surface area contributed by atoms with Crippen molar-refractivity contribution in [1.29, 1.82) is 0 Å². The largest absolute Gasteiger partial charge is 0.332 e. The van der Waals surface area contributed by atoms with Gasteiger partial charge in [-0.25, -0.2) is 8.42 Å². The maximum absolute atomic E-state index is 12.7. The number of rotatable bonds is 4.